The van der Waals surface area contributed by atoms with Crippen LogP contribution in [0.15, 0.2) is 18.1 Å². The largest absolute Gasteiger partial charge is 0.392 e. The van der Waals surface area contributed by atoms with Crippen molar-refractivity contribution in [1.82, 2.24) is 24.3 Å². The molecule has 0 amide bonds. The average molecular weight is 512 g/mol. The van der Waals surface area contributed by atoms with Crippen LogP contribution in [0, 0.1) is 17.8 Å². The van der Waals surface area contributed by atoms with Gasteiger partial charge >= 0.3 is 0 Å². The molecule has 3 heterocycles. The van der Waals surface area contributed by atoms with E-state index in [-0.39, 0.29) is 6.04 Å². The van der Waals surface area contributed by atoms with Gasteiger partial charge in [-0.15, -0.1) is 0 Å². The molecule has 1 saturated heterocycles. The number of anilines is 2. The average Bonchev–Trinajstić information content (AvgIpc) is 3.17. The van der Waals surface area contributed by atoms with Crippen molar-refractivity contribution in [1.29, 1.82) is 0 Å². The minimum Gasteiger partial charge on any atom is -0.392 e. The van der Waals surface area contributed by atoms with Gasteiger partial charge in [0.05, 0.1) is 36.8 Å². The summed E-state index contributed by atoms with van der Waals surface area (Å²) in [6.07, 6.45) is 7.03. The lowest BCUT2D eigenvalue weighted by Crippen LogP contribution is -2.36. The van der Waals surface area contributed by atoms with Gasteiger partial charge in [0, 0.05) is 32.4 Å². The molecule has 0 radical (unpaired) electrons. The van der Waals surface area contributed by atoms with E-state index in [2.05, 4.69) is 20.6 Å². The Labute approximate surface area is 206 Å². The van der Waals surface area contributed by atoms with Crippen molar-refractivity contribution in [3.63, 3.8) is 0 Å². The molecule has 2 saturated carbocycles. The van der Waals surface area contributed by atoms with E-state index in [0.717, 1.165) is 31.4 Å². The highest BCUT2D eigenvalue weighted by Gasteiger charge is 2.45. The van der Waals surface area contributed by atoms with E-state index in [1.54, 1.807) is 17.4 Å². The van der Waals surface area contributed by atoms with E-state index in [1.165, 1.54) is 0 Å². The normalized spacial score (nSPS) is 28.8. The fourth-order valence-electron chi connectivity index (χ4n) is 5.35. The number of aromatic nitrogens is 2. The number of aliphatic hydroxyl groups excluding tert-OH is 1. The van der Waals surface area contributed by atoms with Crippen LogP contribution in [0.4, 0.5) is 11.8 Å². The maximum atomic E-state index is 12.7. The molecule has 1 aromatic rings. The third kappa shape index (κ3) is 5.43. The van der Waals surface area contributed by atoms with Crippen molar-refractivity contribution in [3.8, 4) is 0 Å². The number of likely N-dealkylation sites (N-methyl/N-ethyl adjacent to an activating group) is 1. The number of fused-ring (bicyclic) bond motifs is 1. The Morgan fingerprint density at radius 3 is 2.62 bits per heavy atom. The topological polar surface area (TPSA) is 114 Å². The monoisotopic (exact) mass is 511 g/mol. The summed E-state index contributed by atoms with van der Waals surface area (Å²) in [6.45, 7) is 4.20. The number of hydrogen-bond acceptors (Lipinski definition) is 9. The number of hydrogen-bond donors (Lipinski definition) is 3. The molecule has 3 unspecified atom stereocenters. The first kappa shape index (κ1) is 24.1. The van der Waals surface area contributed by atoms with Gasteiger partial charge in [-0.25, -0.2) is 22.7 Å². The van der Waals surface area contributed by atoms with Gasteiger partial charge in [0.25, 0.3) is 0 Å². The van der Waals surface area contributed by atoms with Gasteiger partial charge in [0.2, 0.25) is 16.0 Å². The predicted octanol–water partition coefficient (Wildman–Crippen LogP) is 1.79. The molecule has 0 aromatic carbocycles. The Morgan fingerprint density at radius 2 is 1.97 bits per heavy atom. The molecule has 3 N–H and O–H groups in total. The van der Waals surface area contributed by atoms with Crippen molar-refractivity contribution >= 4 is 33.4 Å². The molecular weight excluding hydrogens is 478 g/mol. The van der Waals surface area contributed by atoms with E-state index >= 15 is 0 Å². The number of nitrogens with zero attached hydrogens (tertiary/aromatic N) is 5. The Balaban J connectivity index is 1.17. The van der Waals surface area contributed by atoms with Crippen molar-refractivity contribution in [2.45, 2.75) is 44.8 Å². The number of β-amino-alcohol motifs (C(OH)–C–C–N with tert-alkyl or cyclic N) is 1. The molecule has 5 rings (SSSR count). The molecule has 188 valence electrons. The molecule has 0 spiro atoms. The van der Waals surface area contributed by atoms with Crippen molar-refractivity contribution < 1.29 is 13.5 Å². The predicted molar refractivity (Wildman–Crippen MR) is 131 cm³/mol. The summed E-state index contributed by atoms with van der Waals surface area (Å²) in [6, 6.07) is 0.210. The van der Waals surface area contributed by atoms with Crippen LogP contribution in [0.25, 0.3) is 0 Å². The zero-order chi connectivity index (χ0) is 24.0. The second kappa shape index (κ2) is 9.42. The van der Waals surface area contributed by atoms with Crippen LogP contribution in [0.3, 0.4) is 0 Å². The number of nitrogens with one attached hydrogen (secondary N) is 2. The molecule has 12 heteroatoms. The van der Waals surface area contributed by atoms with E-state index in [4.69, 9.17) is 11.6 Å². The van der Waals surface area contributed by atoms with Crippen LogP contribution in [-0.4, -0.2) is 88.9 Å². The Kier molecular flexibility index (Phi) is 6.66. The third-order valence-electron chi connectivity index (χ3n) is 7.21. The maximum Gasteiger partial charge on any atom is 0.229 e. The van der Waals surface area contributed by atoms with Crippen molar-refractivity contribution in [2.24, 2.45) is 17.8 Å². The third-order valence-corrected chi connectivity index (χ3v) is 9.46. The second-order valence-electron chi connectivity index (χ2n) is 10.3. The highest BCUT2D eigenvalue weighted by Crippen LogP contribution is 2.41. The first-order chi connectivity index (χ1) is 16.2. The van der Waals surface area contributed by atoms with Gasteiger partial charge in [0.1, 0.15) is 5.02 Å². The number of hydrazine groups is 1. The van der Waals surface area contributed by atoms with Gasteiger partial charge < -0.3 is 20.7 Å². The van der Waals surface area contributed by atoms with E-state index < -0.39 is 16.1 Å². The first-order valence-electron chi connectivity index (χ1n) is 12.1. The highest BCUT2D eigenvalue weighted by molar-refractivity contribution is 7.89. The quantitative estimate of drug-likeness (QED) is 0.456. The number of sulfonamides is 1. The number of halogens is 1. The van der Waals surface area contributed by atoms with E-state index in [0.29, 0.717) is 66.5 Å². The van der Waals surface area contributed by atoms with Crippen LogP contribution >= 0.6 is 11.6 Å². The second-order valence-corrected chi connectivity index (χ2v) is 12.7. The lowest BCUT2D eigenvalue weighted by atomic mass is 10.0. The Bertz CT molecular complexity index is 1030. The molecule has 3 atom stereocenters. The molecule has 2 aliphatic heterocycles. The van der Waals surface area contributed by atoms with Crippen LogP contribution in [-0.2, 0) is 10.0 Å². The fraction of sp³-hybridized carbons (Fsp3) is 0.727. The summed E-state index contributed by atoms with van der Waals surface area (Å²) in [5.41, 5.74) is 0.930. The molecule has 10 nitrogen and oxygen atoms in total. The van der Waals surface area contributed by atoms with Crippen molar-refractivity contribution in [3.05, 3.63) is 23.1 Å². The molecule has 4 aliphatic rings. The fourth-order valence-corrected chi connectivity index (χ4v) is 7.47. The molecule has 2 aliphatic carbocycles. The zero-order valence-electron chi connectivity index (χ0n) is 19.7. The lowest BCUT2D eigenvalue weighted by molar-refractivity contribution is 0.0353. The minimum atomic E-state index is -3.12. The van der Waals surface area contributed by atoms with Gasteiger partial charge in [0.15, 0.2) is 5.82 Å². The molecule has 3 fully saturated rings. The smallest absolute Gasteiger partial charge is 0.229 e. The summed E-state index contributed by atoms with van der Waals surface area (Å²) in [7, 11) is -1.16. The van der Waals surface area contributed by atoms with Crippen molar-refractivity contribution in [2.75, 3.05) is 49.6 Å². The summed E-state index contributed by atoms with van der Waals surface area (Å²) in [5, 5.41) is 20.8. The Hall–Kier alpha value is -1.66. The van der Waals surface area contributed by atoms with Gasteiger partial charge in [-0.2, -0.15) is 4.98 Å². The summed E-state index contributed by atoms with van der Waals surface area (Å²) in [4.78, 5) is 8.92. The van der Waals surface area contributed by atoms with Crippen LogP contribution in [0.2, 0.25) is 5.02 Å². The summed E-state index contributed by atoms with van der Waals surface area (Å²) in [5.74, 6) is 2.51. The summed E-state index contributed by atoms with van der Waals surface area (Å²) < 4.78 is 27.0. The highest BCUT2D eigenvalue weighted by atomic mass is 35.5. The van der Waals surface area contributed by atoms with E-state index in [9.17, 15) is 13.5 Å². The van der Waals surface area contributed by atoms with Crippen LogP contribution < -0.4 is 10.6 Å². The van der Waals surface area contributed by atoms with Crippen LogP contribution in [0.1, 0.15) is 32.6 Å². The molecule has 0 bridgehead atoms. The number of rotatable bonds is 9. The maximum absolute atomic E-state index is 12.7. The minimum absolute atomic E-state index is 0.210. The van der Waals surface area contributed by atoms with Crippen LogP contribution in [0.5, 0.6) is 0 Å². The lowest BCUT2D eigenvalue weighted by Gasteiger charge is -2.25. The van der Waals surface area contributed by atoms with Gasteiger partial charge in [-0.1, -0.05) is 11.6 Å². The first-order valence-corrected chi connectivity index (χ1v) is 14.1. The summed E-state index contributed by atoms with van der Waals surface area (Å²) >= 11 is 6.39. The van der Waals surface area contributed by atoms with Gasteiger partial charge in [-0.05, 0) is 50.4 Å². The molecule has 1 aromatic heterocycles. The zero-order valence-corrected chi connectivity index (χ0v) is 21.3. The van der Waals surface area contributed by atoms with E-state index in [1.807, 2.05) is 23.3 Å². The van der Waals surface area contributed by atoms with Gasteiger partial charge in [-0.3, -0.25) is 0 Å². The SMILES string of the molecule is CC(O)CN1C=C(Nc2ncc(Cl)c(NC3CC4CN(S(=O)(=O)CC5CC5)CC4C3)n2)CN1C. The standard InChI is InChI=1S/C22H34ClN7O3S/c1-14(31)8-29-12-19(11-28(29)2)26-22-24-7-20(23)21(27-22)25-18-5-16-9-30(10-17(16)6-18)34(32,33)13-15-3-4-15/h7,12,14-18,31H,3-6,8-11,13H2,1-2H3,(H2,24,25,26,27). The number of aliphatic hydroxyl groups is 1. The molecule has 34 heavy (non-hydrogen) atoms. The Morgan fingerprint density at radius 1 is 1.26 bits per heavy atom. The molecular formula is C22H34ClN7O3S.